The summed E-state index contributed by atoms with van der Waals surface area (Å²) in [4.78, 5) is 6.68. The van der Waals surface area contributed by atoms with E-state index in [0.717, 1.165) is 23.6 Å². The van der Waals surface area contributed by atoms with Crippen LogP contribution in [-0.4, -0.2) is 41.1 Å². The summed E-state index contributed by atoms with van der Waals surface area (Å²) in [7, 11) is 0. The summed E-state index contributed by atoms with van der Waals surface area (Å²) in [6.07, 6.45) is -0.0162. The average molecular weight is 317 g/mol. The van der Waals surface area contributed by atoms with Gasteiger partial charge in [-0.1, -0.05) is 17.3 Å². The first kappa shape index (κ1) is 14.5. The first-order valence-electron chi connectivity index (χ1n) is 7.76. The van der Waals surface area contributed by atoms with Gasteiger partial charge in [-0.15, -0.1) is 0 Å². The molecule has 2 aliphatic heterocycles. The average Bonchev–Trinajstić information content (AvgIpc) is 3.17. The largest absolute Gasteiger partial charge is 0.454 e. The Bertz CT molecular complexity index is 702. The Kier molecular flexibility index (Phi) is 3.66. The summed E-state index contributed by atoms with van der Waals surface area (Å²) in [5.74, 6) is 2.86. The molecule has 1 saturated heterocycles. The molecule has 1 aromatic carbocycles. The molecule has 1 fully saturated rings. The molecule has 2 aromatic rings. The summed E-state index contributed by atoms with van der Waals surface area (Å²) in [6, 6.07) is 5.90. The summed E-state index contributed by atoms with van der Waals surface area (Å²) >= 11 is 0. The zero-order valence-corrected chi connectivity index (χ0v) is 13.2. The van der Waals surface area contributed by atoms with Crippen LogP contribution in [0.15, 0.2) is 22.7 Å². The van der Waals surface area contributed by atoms with E-state index in [0.29, 0.717) is 24.9 Å². The standard InChI is InChI=1S/C16H19N3O4/c1-10-14(16-17-11(2)18-23-16)19(6-7-20-10)8-12-4-3-5-13-15(12)22-9-21-13/h3-5,10,14H,6-9H2,1-2H3/t10-,14+/m1/s1. The number of para-hydroxylation sites is 1. The minimum absolute atomic E-state index is 0.0162. The number of rotatable bonds is 3. The molecule has 1 aromatic heterocycles. The zero-order valence-electron chi connectivity index (χ0n) is 13.2. The zero-order chi connectivity index (χ0) is 15.8. The van der Waals surface area contributed by atoms with Crippen LogP contribution in [0.2, 0.25) is 0 Å². The molecule has 23 heavy (non-hydrogen) atoms. The van der Waals surface area contributed by atoms with E-state index in [1.807, 2.05) is 26.0 Å². The van der Waals surface area contributed by atoms with Crippen LogP contribution < -0.4 is 9.47 Å². The van der Waals surface area contributed by atoms with E-state index in [-0.39, 0.29) is 18.9 Å². The Morgan fingerprint density at radius 2 is 2.22 bits per heavy atom. The maximum atomic E-state index is 5.79. The first-order valence-corrected chi connectivity index (χ1v) is 7.76. The molecule has 122 valence electrons. The van der Waals surface area contributed by atoms with Crippen LogP contribution in [0.5, 0.6) is 11.5 Å². The van der Waals surface area contributed by atoms with Crippen LogP contribution in [0.3, 0.4) is 0 Å². The van der Waals surface area contributed by atoms with Gasteiger partial charge in [0.1, 0.15) is 6.04 Å². The van der Waals surface area contributed by atoms with E-state index in [9.17, 15) is 0 Å². The molecule has 0 spiro atoms. The van der Waals surface area contributed by atoms with Crippen molar-refractivity contribution in [2.75, 3.05) is 19.9 Å². The van der Waals surface area contributed by atoms with Crippen molar-refractivity contribution in [3.63, 3.8) is 0 Å². The van der Waals surface area contributed by atoms with E-state index in [1.165, 1.54) is 0 Å². The quantitative estimate of drug-likeness (QED) is 0.858. The maximum Gasteiger partial charge on any atom is 0.246 e. The summed E-state index contributed by atoms with van der Waals surface area (Å²) in [5.41, 5.74) is 1.09. The number of fused-ring (bicyclic) bond motifs is 1. The number of morpholine rings is 1. The third-order valence-corrected chi connectivity index (χ3v) is 4.25. The molecule has 7 heteroatoms. The summed E-state index contributed by atoms with van der Waals surface area (Å²) in [5, 5.41) is 3.91. The van der Waals surface area contributed by atoms with Gasteiger partial charge in [-0.2, -0.15) is 4.98 Å². The molecule has 0 unspecified atom stereocenters. The van der Waals surface area contributed by atoms with E-state index in [2.05, 4.69) is 21.1 Å². The number of aryl methyl sites for hydroxylation is 1. The second-order valence-corrected chi connectivity index (χ2v) is 5.82. The van der Waals surface area contributed by atoms with Gasteiger partial charge in [-0.3, -0.25) is 4.90 Å². The Morgan fingerprint density at radius 1 is 1.30 bits per heavy atom. The van der Waals surface area contributed by atoms with Gasteiger partial charge in [0.05, 0.1) is 12.7 Å². The highest BCUT2D eigenvalue weighted by atomic mass is 16.7. The maximum absolute atomic E-state index is 5.79. The number of hydrogen-bond donors (Lipinski definition) is 0. The molecule has 4 rings (SSSR count). The molecule has 7 nitrogen and oxygen atoms in total. The van der Waals surface area contributed by atoms with E-state index in [4.69, 9.17) is 18.7 Å². The number of ether oxygens (including phenoxy) is 3. The predicted molar refractivity (Wildman–Crippen MR) is 80.2 cm³/mol. The lowest BCUT2D eigenvalue weighted by atomic mass is 10.1. The van der Waals surface area contributed by atoms with Gasteiger partial charge >= 0.3 is 0 Å². The normalized spacial score (nSPS) is 24.1. The van der Waals surface area contributed by atoms with Gasteiger partial charge in [0, 0.05) is 18.7 Å². The van der Waals surface area contributed by atoms with Crippen LogP contribution in [0.4, 0.5) is 0 Å². The van der Waals surface area contributed by atoms with Crippen molar-refractivity contribution in [2.45, 2.75) is 32.5 Å². The molecule has 2 atom stereocenters. The molecule has 2 aliphatic rings. The van der Waals surface area contributed by atoms with Gasteiger partial charge in [-0.05, 0) is 19.9 Å². The molecule has 0 aliphatic carbocycles. The Balaban J connectivity index is 1.62. The smallest absolute Gasteiger partial charge is 0.246 e. The Morgan fingerprint density at radius 3 is 3.04 bits per heavy atom. The number of hydrogen-bond acceptors (Lipinski definition) is 7. The van der Waals surface area contributed by atoms with Crippen LogP contribution >= 0.6 is 0 Å². The van der Waals surface area contributed by atoms with Crippen molar-refractivity contribution in [1.29, 1.82) is 0 Å². The fourth-order valence-electron chi connectivity index (χ4n) is 3.18. The Labute approximate surface area is 134 Å². The molecular formula is C16H19N3O4. The van der Waals surface area contributed by atoms with Crippen LogP contribution in [-0.2, 0) is 11.3 Å². The monoisotopic (exact) mass is 317 g/mol. The van der Waals surface area contributed by atoms with E-state index >= 15 is 0 Å². The van der Waals surface area contributed by atoms with Crippen molar-refractivity contribution in [2.24, 2.45) is 0 Å². The highest BCUT2D eigenvalue weighted by Crippen LogP contribution is 2.38. The lowest BCUT2D eigenvalue weighted by Gasteiger charge is -2.37. The third-order valence-electron chi connectivity index (χ3n) is 4.25. The minimum atomic E-state index is -0.0665. The molecular weight excluding hydrogens is 298 g/mol. The van der Waals surface area contributed by atoms with Crippen molar-refractivity contribution in [3.8, 4) is 11.5 Å². The second-order valence-electron chi connectivity index (χ2n) is 5.82. The SMILES string of the molecule is Cc1noc([C@@H]2[C@@H](C)OCCN2Cc2cccc3c2OCO3)n1. The summed E-state index contributed by atoms with van der Waals surface area (Å²) in [6.45, 7) is 6.31. The minimum Gasteiger partial charge on any atom is -0.454 e. The lowest BCUT2D eigenvalue weighted by Crippen LogP contribution is -2.43. The molecule has 0 saturated carbocycles. The number of aromatic nitrogens is 2. The molecule has 0 N–H and O–H groups in total. The highest BCUT2D eigenvalue weighted by molar-refractivity contribution is 5.48. The van der Waals surface area contributed by atoms with Crippen LogP contribution in [0, 0.1) is 6.92 Å². The number of nitrogens with zero attached hydrogens (tertiary/aromatic N) is 3. The van der Waals surface area contributed by atoms with Gasteiger partial charge in [0.15, 0.2) is 17.3 Å². The summed E-state index contributed by atoms with van der Waals surface area (Å²) < 4.78 is 22.3. The predicted octanol–water partition coefficient (Wildman–Crippen LogP) is 2.07. The van der Waals surface area contributed by atoms with E-state index < -0.39 is 0 Å². The molecule has 0 radical (unpaired) electrons. The van der Waals surface area contributed by atoms with Gasteiger partial charge in [-0.25, -0.2) is 0 Å². The Hall–Kier alpha value is -2.12. The van der Waals surface area contributed by atoms with Crippen molar-refractivity contribution in [3.05, 3.63) is 35.5 Å². The van der Waals surface area contributed by atoms with Crippen molar-refractivity contribution in [1.82, 2.24) is 15.0 Å². The first-order chi connectivity index (χ1) is 11.2. The third kappa shape index (κ3) is 2.66. The van der Waals surface area contributed by atoms with E-state index in [1.54, 1.807) is 0 Å². The van der Waals surface area contributed by atoms with Gasteiger partial charge < -0.3 is 18.7 Å². The second kappa shape index (κ2) is 5.82. The molecule has 0 amide bonds. The van der Waals surface area contributed by atoms with Crippen LogP contribution in [0.25, 0.3) is 0 Å². The van der Waals surface area contributed by atoms with Gasteiger partial charge in [0.25, 0.3) is 0 Å². The number of benzene rings is 1. The highest BCUT2D eigenvalue weighted by Gasteiger charge is 2.35. The fourth-order valence-corrected chi connectivity index (χ4v) is 3.18. The fraction of sp³-hybridized carbons (Fsp3) is 0.500. The molecule has 3 heterocycles. The van der Waals surface area contributed by atoms with Crippen molar-refractivity contribution >= 4 is 0 Å². The van der Waals surface area contributed by atoms with Crippen LogP contribution in [0.1, 0.15) is 30.2 Å². The molecule has 0 bridgehead atoms. The lowest BCUT2D eigenvalue weighted by molar-refractivity contribution is -0.0764. The van der Waals surface area contributed by atoms with Gasteiger partial charge in [0.2, 0.25) is 12.7 Å². The topological polar surface area (TPSA) is 69.9 Å². The van der Waals surface area contributed by atoms with Crippen molar-refractivity contribution < 1.29 is 18.7 Å².